The van der Waals surface area contributed by atoms with Crippen molar-refractivity contribution < 1.29 is 18.3 Å². The Labute approximate surface area is 101 Å². The molecule has 18 heavy (non-hydrogen) atoms. The Kier molecular flexibility index (Phi) is 3.18. The Morgan fingerprint density at radius 3 is 2.72 bits per heavy atom. The minimum Gasteiger partial charge on any atom is -0.619 e. The molecule has 1 aromatic heterocycles. The van der Waals surface area contributed by atoms with Crippen LogP contribution in [0.1, 0.15) is 10.4 Å². The molecule has 0 aliphatic rings. The zero-order valence-corrected chi connectivity index (χ0v) is 9.06. The molecule has 0 aliphatic heterocycles. The summed E-state index contributed by atoms with van der Waals surface area (Å²) in [5.41, 5.74) is -0.0704. The highest BCUT2D eigenvalue weighted by atomic mass is 19.1. The third-order valence-corrected chi connectivity index (χ3v) is 2.22. The summed E-state index contributed by atoms with van der Waals surface area (Å²) in [4.78, 5) is 11.7. The molecule has 0 saturated heterocycles. The van der Waals surface area contributed by atoms with Gasteiger partial charge in [-0.25, -0.2) is 8.78 Å². The van der Waals surface area contributed by atoms with Gasteiger partial charge in [0.25, 0.3) is 5.91 Å². The molecule has 1 N–H and O–H groups in total. The van der Waals surface area contributed by atoms with Crippen molar-refractivity contribution in [3.05, 3.63) is 65.1 Å². The van der Waals surface area contributed by atoms with Gasteiger partial charge in [0.05, 0.1) is 5.69 Å². The average molecular weight is 250 g/mol. The van der Waals surface area contributed by atoms with E-state index in [-0.39, 0.29) is 11.3 Å². The van der Waals surface area contributed by atoms with Gasteiger partial charge in [0.15, 0.2) is 12.4 Å². The van der Waals surface area contributed by atoms with Gasteiger partial charge in [-0.2, -0.15) is 4.73 Å². The molecule has 0 bridgehead atoms. The van der Waals surface area contributed by atoms with E-state index in [0.717, 1.165) is 18.3 Å². The summed E-state index contributed by atoms with van der Waals surface area (Å²) >= 11 is 0. The molecule has 4 nitrogen and oxygen atoms in total. The summed E-state index contributed by atoms with van der Waals surface area (Å²) in [7, 11) is 0. The van der Waals surface area contributed by atoms with Crippen LogP contribution < -0.4 is 10.0 Å². The molecule has 1 amide bonds. The van der Waals surface area contributed by atoms with E-state index in [1.165, 1.54) is 18.3 Å². The maximum absolute atomic E-state index is 13.3. The molecule has 2 rings (SSSR count). The number of nitrogens with zero attached hydrogens (tertiary/aromatic N) is 1. The Balaban J connectivity index is 2.21. The van der Waals surface area contributed by atoms with E-state index < -0.39 is 17.5 Å². The van der Waals surface area contributed by atoms with Crippen LogP contribution in [0.4, 0.5) is 14.5 Å². The second-order valence-corrected chi connectivity index (χ2v) is 3.53. The lowest BCUT2D eigenvalue weighted by Crippen LogP contribution is -2.27. The zero-order valence-electron chi connectivity index (χ0n) is 9.06. The standard InChI is InChI=1S/C12H8F2N2O2/c13-9-3-4-11(10(14)6-9)15-12(17)8-2-1-5-16(18)7-8/h1-7H,(H,15,17). The van der Waals surface area contributed by atoms with Crippen LogP contribution in [0.15, 0.2) is 42.7 Å². The third kappa shape index (κ3) is 2.60. The fourth-order valence-corrected chi connectivity index (χ4v) is 1.37. The van der Waals surface area contributed by atoms with Gasteiger partial charge in [-0.05, 0) is 18.2 Å². The maximum Gasteiger partial charge on any atom is 0.261 e. The normalized spacial score (nSPS) is 10.1. The molecule has 0 saturated carbocycles. The summed E-state index contributed by atoms with van der Waals surface area (Å²) in [5, 5.41) is 13.2. The van der Waals surface area contributed by atoms with E-state index >= 15 is 0 Å². The largest absolute Gasteiger partial charge is 0.619 e. The molecule has 0 unspecified atom stereocenters. The molecule has 0 fully saturated rings. The molecular formula is C12H8F2N2O2. The third-order valence-electron chi connectivity index (χ3n) is 2.22. The van der Waals surface area contributed by atoms with Crippen LogP contribution >= 0.6 is 0 Å². The summed E-state index contributed by atoms with van der Waals surface area (Å²) < 4.78 is 26.4. The monoisotopic (exact) mass is 250 g/mol. The molecule has 0 radical (unpaired) electrons. The second-order valence-electron chi connectivity index (χ2n) is 3.53. The highest BCUT2D eigenvalue weighted by molar-refractivity contribution is 6.03. The zero-order chi connectivity index (χ0) is 13.1. The number of nitrogens with one attached hydrogen (secondary N) is 1. The van der Waals surface area contributed by atoms with Crippen LogP contribution in [0.2, 0.25) is 0 Å². The molecule has 92 valence electrons. The van der Waals surface area contributed by atoms with Gasteiger partial charge in [-0.3, -0.25) is 4.79 Å². The minimum absolute atomic E-state index is 0.0798. The van der Waals surface area contributed by atoms with Crippen LogP contribution in [0.3, 0.4) is 0 Å². The lowest BCUT2D eigenvalue weighted by atomic mass is 10.2. The first-order valence-electron chi connectivity index (χ1n) is 5.01. The number of halogens is 2. The number of carbonyl (C=O) groups excluding carboxylic acids is 1. The molecule has 0 spiro atoms. The van der Waals surface area contributed by atoms with Gasteiger partial charge in [0, 0.05) is 12.1 Å². The minimum atomic E-state index is -0.880. The fraction of sp³-hybridized carbons (Fsp3) is 0. The second kappa shape index (κ2) is 4.79. The predicted octanol–water partition coefficient (Wildman–Crippen LogP) is 1.85. The van der Waals surface area contributed by atoms with Gasteiger partial charge >= 0.3 is 0 Å². The van der Waals surface area contributed by atoms with E-state index in [2.05, 4.69) is 5.32 Å². The first-order chi connectivity index (χ1) is 8.56. The van der Waals surface area contributed by atoms with Crippen LogP contribution in [0.25, 0.3) is 0 Å². The van der Waals surface area contributed by atoms with Gasteiger partial charge in [-0.1, -0.05) is 0 Å². The smallest absolute Gasteiger partial charge is 0.261 e. The maximum atomic E-state index is 13.3. The molecule has 0 aliphatic carbocycles. The SMILES string of the molecule is O=C(Nc1ccc(F)cc1F)c1ccc[n+]([O-])c1. The predicted molar refractivity (Wildman–Crippen MR) is 59.7 cm³/mol. The molecule has 1 aromatic carbocycles. The van der Waals surface area contributed by atoms with Crippen molar-refractivity contribution in [2.24, 2.45) is 0 Å². The molecule has 2 aromatic rings. The van der Waals surface area contributed by atoms with Gasteiger partial charge in [0.1, 0.15) is 17.2 Å². The van der Waals surface area contributed by atoms with E-state index in [1.54, 1.807) is 0 Å². The lowest BCUT2D eigenvalue weighted by Gasteiger charge is -2.06. The van der Waals surface area contributed by atoms with Gasteiger partial charge in [-0.15, -0.1) is 0 Å². The summed E-state index contributed by atoms with van der Waals surface area (Å²) in [6.45, 7) is 0. The van der Waals surface area contributed by atoms with Gasteiger partial charge < -0.3 is 10.5 Å². The number of carbonyl (C=O) groups is 1. The highest BCUT2D eigenvalue weighted by Crippen LogP contribution is 2.15. The molecular weight excluding hydrogens is 242 g/mol. The van der Waals surface area contributed by atoms with Crippen LogP contribution in [-0.2, 0) is 0 Å². The quantitative estimate of drug-likeness (QED) is 0.653. The Morgan fingerprint density at radius 1 is 1.28 bits per heavy atom. The van der Waals surface area contributed by atoms with Crippen LogP contribution in [0.5, 0.6) is 0 Å². The highest BCUT2D eigenvalue weighted by Gasteiger charge is 2.11. The van der Waals surface area contributed by atoms with Crippen LogP contribution in [0, 0.1) is 16.8 Å². The van der Waals surface area contributed by atoms with Crippen molar-refractivity contribution in [1.82, 2.24) is 0 Å². The number of hydrogen-bond acceptors (Lipinski definition) is 2. The number of amides is 1. The van der Waals surface area contributed by atoms with Crippen molar-refractivity contribution in [1.29, 1.82) is 0 Å². The van der Waals surface area contributed by atoms with Crippen molar-refractivity contribution in [2.45, 2.75) is 0 Å². The number of benzene rings is 1. The molecule has 1 heterocycles. The lowest BCUT2D eigenvalue weighted by molar-refractivity contribution is -0.605. The summed E-state index contributed by atoms with van der Waals surface area (Å²) in [5.74, 6) is -2.26. The summed E-state index contributed by atoms with van der Waals surface area (Å²) in [6, 6.07) is 5.59. The molecule has 0 atom stereocenters. The Bertz CT molecular complexity index is 602. The van der Waals surface area contributed by atoms with Gasteiger partial charge in [0.2, 0.25) is 0 Å². The Hall–Kier alpha value is -2.50. The van der Waals surface area contributed by atoms with Crippen molar-refractivity contribution in [3.8, 4) is 0 Å². The van der Waals surface area contributed by atoms with E-state index in [4.69, 9.17) is 0 Å². The van der Waals surface area contributed by atoms with E-state index in [9.17, 15) is 18.8 Å². The average Bonchev–Trinajstić information content (AvgIpc) is 2.32. The number of anilines is 1. The number of hydrogen-bond donors (Lipinski definition) is 1. The number of pyridine rings is 1. The number of rotatable bonds is 2. The summed E-state index contributed by atoms with van der Waals surface area (Å²) in [6.07, 6.45) is 2.27. The van der Waals surface area contributed by atoms with Crippen molar-refractivity contribution in [3.63, 3.8) is 0 Å². The fourth-order valence-electron chi connectivity index (χ4n) is 1.37. The molecule has 6 heteroatoms. The van der Waals surface area contributed by atoms with Crippen molar-refractivity contribution in [2.75, 3.05) is 5.32 Å². The first-order valence-corrected chi connectivity index (χ1v) is 5.01. The van der Waals surface area contributed by atoms with Crippen molar-refractivity contribution >= 4 is 11.6 Å². The van der Waals surface area contributed by atoms with E-state index in [1.807, 2.05) is 0 Å². The van der Waals surface area contributed by atoms with E-state index in [0.29, 0.717) is 10.8 Å². The Morgan fingerprint density at radius 2 is 2.06 bits per heavy atom. The topological polar surface area (TPSA) is 56.0 Å². The number of aromatic nitrogens is 1. The first kappa shape index (κ1) is 12.0. The van der Waals surface area contributed by atoms with Crippen LogP contribution in [-0.4, -0.2) is 5.91 Å².